The van der Waals surface area contributed by atoms with E-state index < -0.39 is 5.60 Å². The van der Waals surface area contributed by atoms with Crippen LogP contribution in [0.4, 0.5) is 0 Å². The zero-order chi connectivity index (χ0) is 15.5. The van der Waals surface area contributed by atoms with E-state index in [1.807, 2.05) is 6.08 Å². The van der Waals surface area contributed by atoms with Gasteiger partial charge in [-0.2, -0.15) is 0 Å². The summed E-state index contributed by atoms with van der Waals surface area (Å²) in [6.45, 7) is 2.23. The summed E-state index contributed by atoms with van der Waals surface area (Å²) < 4.78 is 0. The Labute approximate surface area is 133 Å². The number of allylic oxidation sites excluding steroid dienone is 1. The number of rotatable bonds is 0. The molecule has 3 fully saturated rings. The minimum absolute atomic E-state index is 0.103. The first-order valence-electron chi connectivity index (χ1n) is 8.92. The molecular weight excluding hydrogens is 272 g/mol. The standard InChI is InChI=1S/C20H26O2/c1-3-20(22)11-9-18-17-6-4-13-12-14(21)5-7-15(13)16(17)8-10-19(18,20)2/h1,12,15-18,22H,4-11H2,2H3/t15?,16?,17?,18?,19-,20-/m0/s1. The van der Waals surface area contributed by atoms with Gasteiger partial charge in [-0.05, 0) is 74.7 Å². The SMILES string of the molecule is C#C[C@]1(O)CCC2C3CCC4=CC(=O)CCC4C3CC[C@@]21C. The molecule has 0 aromatic rings. The van der Waals surface area contributed by atoms with Crippen molar-refractivity contribution in [3.63, 3.8) is 0 Å². The summed E-state index contributed by atoms with van der Waals surface area (Å²) >= 11 is 0. The van der Waals surface area contributed by atoms with E-state index in [1.165, 1.54) is 12.0 Å². The molecule has 4 aliphatic carbocycles. The maximum atomic E-state index is 11.7. The van der Waals surface area contributed by atoms with Crippen LogP contribution in [0.5, 0.6) is 0 Å². The van der Waals surface area contributed by atoms with Gasteiger partial charge in [0, 0.05) is 11.8 Å². The summed E-state index contributed by atoms with van der Waals surface area (Å²) in [5.74, 6) is 5.66. The molecule has 6 atom stereocenters. The van der Waals surface area contributed by atoms with Crippen molar-refractivity contribution in [3.05, 3.63) is 11.6 Å². The highest BCUT2D eigenvalue weighted by atomic mass is 16.3. The average Bonchev–Trinajstić information content (AvgIpc) is 2.79. The quantitative estimate of drug-likeness (QED) is 0.695. The Morgan fingerprint density at radius 1 is 1.18 bits per heavy atom. The summed E-state index contributed by atoms with van der Waals surface area (Å²) in [5, 5.41) is 10.9. The third kappa shape index (κ3) is 1.75. The maximum Gasteiger partial charge on any atom is 0.155 e. The summed E-state index contributed by atoms with van der Waals surface area (Å²) in [4.78, 5) is 11.7. The fraction of sp³-hybridized carbons (Fsp3) is 0.750. The molecule has 0 aromatic carbocycles. The first-order chi connectivity index (χ1) is 10.5. The fourth-order valence-corrected chi connectivity index (χ4v) is 6.43. The molecule has 118 valence electrons. The highest BCUT2D eigenvalue weighted by Gasteiger charge is 2.61. The van der Waals surface area contributed by atoms with Gasteiger partial charge in [-0.25, -0.2) is 0 Å². The second kappa shape index (κ2) is 4.71. The number of aliphatic hydroxyl groups is 1. The number of ketones is 1. The third-order valence-corrected chi connectivity index (χ3v) is 7.69. The van der Waals surface area contributed by atoms with Crippen LogP contribution < -0.4 is 0 Å². The van der Waals surface area contributed by atoms with Crippen molar-refractivity contribution < 1.29 is 9.90 Å². The number of carbonyl (C=O) groups is 1. The molecule has 2 nitrogen and oxygen atoms in total. The molecule has 4 unspecified atom stereocenters. The zero-order valence-electron chi connectivity index (χ0n) is 13.5. The van der Waals surface area contributed by atoms with Crippen LogP contribution in [0.1, 0.15) is 58.3 Å². The molecule has 0 spiro atoms. The highest BCUT2D eigenvalue weighted by molar-refractivity contribution is 5.91. The highest BCUT2D eigenvalue weighted by Crippen LogP contribution is 2.64. The Bertz CT molecular complexity index is 583. The Hall–Kier alpha value is -1.07. The Morgan fingerprint density at radius 2 is 2.00 bits per heavy atom. The zero-order valence-corrected chi connectivity index (χ0v) is 13.5. The van der Waals surface area contributed by atoms with Crippen molar-refractivity contribution in [1.82, 2.24) is 0 Å². The van der Waals surface area contributed by atoms with Gasteiger partial charge < -0.3 is 5.11 Å². The van der Waals surface area contributed by atoms with Crippen LogP contribution in [0.15, 0.2) is 11.6 Å². The van der Waals surface area contributed by atoms with Crippen LogP contribution in [0.25, 0.3) is 0 Å². The van der Waals surface area contributed by atoms with Gasteiger partial charge in [-0.3, -0.25) is 4.79 Å². The summed E-state index contributed by atoms with van der Waals surface area (Å²) in [7, 11) is 0. The van der Waals surface area contributed by atoms with Gasteiger partial charge in [0.05, 0.1) is 0 Å². The van der Waals surface area contributed by atoms with Crippen LogP contribution in [-0.4, -0.2) is 16.5 Å². The van der Waals surface area contributed by atoms with Crippen molar-refractivity contribution in [3.8, 4) is 12.3 Å². The van der Waals surface area contributed by atoms with Crippen molar-refractivity contribution >= 4 is 5.78 Å². The van der Waals surface area contributed by atoms with E-state index in [9.17, 15) is 9.90 Å². The van der Waals surface area contributed by atoms with Crippen LogP contribution in [0, 0.1) is 41.4 Å². The molecule has 4 rings (SSSR count). The summed E-state index contributed by atoms with van der Waals surface area (Å²) in [6, 6.07) is 0. The molecule has 2 heteroatoms. The minimum atomic E-state index is -0.902. The van der Waals surface area contributed by atoms with E-state index in [0.29, 0.717) is 29.5 Å². The molecule has 0 heterocycles. The van der Waals surface area contributed by atoms with Gasteiger partial charge in [0.1, 0.15) is 5.60 Å². The molecule has 0 amide bonds. The molecule has 0 radical (unpaired) electrons. The lowest BCUT2D eigenvalue weighted by molar-refractivity contribution is -0.116. The second-order valence-electron chi connectivity index (χ2n) is 8.30. The summed E-state index contributed by atoms with van der Waals surface area (Å²) in [6.07, 6.45) is 15.7. The minimum Gasteiger partial charge on any atom is -0.377 e. The van der Waals surface area contributed by atoms with Crippen LogP contribution in [-0.2, 0) is 4.79 Å². The van der Waals surface area contributed by atoms with Gasteiger partial charge in [0.25, 0.3) is 0 Å². The van der Waals surface area contributed by atoms with E-state index in [2.05, 4.69) is 12.8 Å². The van der Waals surface area contributed by atoms with Gasteiger partial charge in [-0.15, -0.1) is 6.42 Å². The summed E-state index contributed by atoms with van der Waals surface area (Å²) in [5.41, 5.74) is 0.418. The first-order valence-corrected chi connectivity index (χ1v) is 8.92. The lowest BCUT2D eigenvalue weighted by Crippen LogP contribution is -2.52. The van der Waals surface area contributed by atoms with Crippen LogP contribution >= 0.6 is 0 Å². The van der Waals surface area contributed by atoms with Crippen LogP contribution in [0.2, 0.25) is 0 Å². The number of carbonyl (C=O) groups excluding carboxylic acids is 1. The molecular formula is C20H26O2. The van der Waals surface area contributed by atoms with E-state index >= 15 is 0 Å². The fourth-order valence-electron chi connectivity index (χ4n) is 6.43. The van der Waals surface area contributed by atoms with E-state index in [0.717, 1.165) is 44.9 Å². The second-order valence-corrected chi connectivity index (χ2v) is 8.30. The number of hydrogen-bond donors (Lipinski definition) is 1. The van der Waals surface area contributed by atoms with E-state index in [-0.39, 0.29) is 5.41 Å². The van der Waals surface area contributed by atoms with Gasteiger partial charge in [-0.1, -0.05) is 18.4 Å². The molecule has 0 aromatic heterocycles. The predicted octanol–water partition coefficient (Wildman–Crippen LogP) is 3.49. The molecule has 22 heavy (non-hydrogen) atoms. The lowest BCUT2D eigenvalue weighted by Gasteiger charge is -2.54. The monoisotopic (exact) mass is 298 g/mol. The number of hydrogen-bond acceptors (Lipinski definition) is 2. The predicted molar refractivity (Wildman–Crippen MR) is 85.9 cm³/mol. The third-order valence-electron chi connectivity index (χ3n) is 7.69. The van der Waals surface area contributed by atoms with E-state index in [4.69, 9.17) is 6.42 Å². The Morgan fingerprint density at radius 3 is 2.77 bits per heavy atom. The molecule has 4 aliphatic rings. The molecule has 1 N–H and O–H groups in total. The largest absolute Gasteiger partial charge is 0.377 e. The smallest absolute Gasteiger partial charge is 0.155 e. The normalized spacial score (nSPS) is 50.4. The van der Waals surface area contributed by atoms with Gasteiger partial charge >= 0.3 is 0 Å². The first kappa shape index (κ1) is 14.5. The average molecular weight is 298 g/mol. The Balaban J connectivity index is 1.65. The molecule has 0 saturated heterocycles. The van der Waals surface area contributed by atoms with Crippen molar-refractivity contribution in [2.45, 2.75) is 63.9 Å². The van der Waals surface area contributed by atoms with Crippen molar-refractivity contribution in [1.29, 1.82) is 0 Å². The van der Waals surface area contributed by atoms with Gasteiger partial charge in [0.15, 0.2) is 5.78 Å². The van der Waals surface area contributed by atoms with Crippen molar-refractivity contribution in [2.24, 2.45) is 29.1 Å². The lowest BCUT2D eigenvalue weighted by atomic mass is 9.50. The van der Waals surface area contributed by atoms with Gasteiger partial charge in [0.2, 0.25) is 0 Å². The number of terminal acetylenes is 1. The molecule has 3 saturated carbocycles. The Kier molecular flexibility index (Phi) is 3.11. The number of fused-ring (bicyclic) bond motifs is 5. The van der Waals surface area contributed by atoms with Crippen molar-refractivity contribution in [2.75, 3.05) is 0 Å². The molecule has 0 aliphatic heterocycles. The van der Waals surface area contributed by atoms with Crippen LogP contribution in [0.3, 0.4) is 0 Å². The molecule has 0 bridgehead atoms. The topological polar surface area (TPSA) is 37.3 Å². The maximum absolute atomic E-state index is 11.7. The van der Waals surface area contributed by atoms with E-state index in [1.54, 1.807) is 0 Å².